The Kier molecular flexibility index (Phi) is 8.39. The van der Waals surface area contributed by atoms with Crippen LogP contribution in [0.1, 0.15) is 91.1 Å². The van der Waals surface area contributed by atoms with E-state index in [1.807, 2.05) is 6.07 Å². The summed E-state index contributed by atoms with van der Waals surface area (Å²) in [6, 6.07) is 5.30. The van der Waals surface area contributed by atoms with E-state index in [2.05, 4.69) is 11.9 Å². The van der Waals surface area contributed by atoms with E-state index < -0.39 is 0 Å². The highest BCUT2D eigenvalue weighted by Crippen LogP contribution is 2.24. The third-order valence-corrected chi connectivity index (χ3v) is 4.99. The quantitative estimate of drug-likeness (QED) is 0.295. The summed E-state index contributed by atoms with van der Waals surface area (Å²) in [5.74, 6) is -0.384. The van der Waals surface area contributed by atoms with Crippen molar-refractivity contribution in [3.05, 3.63) is 35.0 Å². The van der Waals surface area contributed by atoms with Gasteiger partial charge in [-0.1, -0.05) is 58.3 Å². The van der Waals surface area contributed by atoms with Crippen LogP contribution in [0.5, 0.6) is 0 Å². The molecule has 0 saturated heterocycles. The number of fused-ring (bicyclic) bond motifs is 1. The molecule has 1 heterocycles. The minimum absolute atomic E-state index is 0.384. The number of aldehydes is 1. The molecule has 26 heavy (non-hydrogen) atoms. The number of ether oxygens (including phenoxy) is 1. The molecule has 0 radical (unpaired) electrons. The molecule has 4 heteroatoms. The number of nitrogens with one attached hydrogen (secondary N) is 1. The molecule has 0 amide bonds. The fraction of sp³-hybridized carbons (Fsp3) is 0.545. The number of benzene rings is 1. The topological polar surface area (TPSA) is 59.2 Å². The van der Waals surface area contributed by atoms with Gasteiger partial charge in [-0.25, -0.2) is 4.79 Å². The first kappa shape index (κ1) is 20.2. The molecular formula is C22H31NO3. The molecule has 0 aliphatic heterocycles. The standard InChI is InChI=1S/C22H31NO3/c1-3-4-5-6-7-8-9-10-11-12-20-19(16-24)18-15-17(22(25)26-2)13-14-21(18)23-20/h13-16,23H,3-12H2,1-2H3. The van der Waals surface area contributed by atoms with Crippen molar-refractivity contribution in [2.24, 2.45) is 0 Å². The number of aromatic amines is 1. The number of unbranched alkanes of at least 4 members (excludes halogenated alkanes) is 8. The van der Waals surface area contributed by atoms with Crippen LogP contribution in [0.15, 0.2) is 18.2 Å². The van der Waals surface area contributed by atoms with E-state index >= 15 is 0 Å². The van der Waals surface area contributed by atoms with Gasteiger partial charge in [-0.2, -0.15) is 0 Å². The smallest absolute Gasteiger partial charge is 0.337 e. The van der Waals surface area contributed by atoms with Gasteiger partial charge in [0, 0.05) is 22.2 Å². The molecule has 0 fully saturated rings. The Morgan fingerprint density at radius 1 is 1.04 bits per heavy atom. The molecule has 0 aliphatic carbocycles. The molecule has 0 atom stereocenters. The van der Waals surface area contributed by atoms with Gasteiger partial charge in [-0.3, -0.25) is 4.79 Å². The van der Waals surface area contributed by atoms with Crippen molar-refractivity contribution in [1.82, 2.24) is 4.98 Å². The molecule has 0 bridgehead atoms. The average molecular weight is 357 g/mol. The Bertz CT molecular complexity index is 717. The molecule has 1 aromatic carbocycles. The average Bonchev–Trinajstić information content (AvgIpc) is 3.02. The normalized spacial score (nSPS) is 11.0. The highest BCUT2D eigenvalue weighted by atomic mass is 16.5. The largest absolute Gasteiger partial charge is 0.465 e. The molecule has 0 spiro atoms. The van der Waals surface area contributed by atoms with Crippen LogP contribution in [0.3, 0.4) is 0 Å². The zero-order valence-electron chi connectivity index (χ0n) is 16.1. The van der Waals surface area contributed by atoms with Crippen molar-refractivity contribution >= 4 is 23.2 Å². The summed E-state index contributed by atoms with van der Waals surface area (Å²) in [7, 11) is 1.36. The van der Waals surface area contributed by atoms with Gasteiger partial charge in [0.15, 0.2) is 6.29 Å². The van der Waals surface area contributed by atoms with Crippen molar-refractivity contribution in [2.75, 3.05) is 7.11 Å². The summed E-state index contributed by atoms with van der Waals surface area (Å²) in [4.78, 5) is 26.6. The minimum atomic E-state index is -0.384. The zero-order valence-corrected chi connectivity index (χ0v) is 16.1. The Hall–Kier alpha value is -2.10. The second-order valence-electron chi connectivity index (χ2n) is 6.97. The van der Waals surface area contributed by atoms with Crippen LogP contribution in [-0.2, 0) is 11.2 Å². The Balaban J connectivity index is 1.87. The summed E-state index contributed by atoms with van der Waals surface area (Å²) < 4.78 is 4.76. The number of aryl methyl sites for hydroxylation is 1. The maximum absolute atomic E-state index is 11.7. The van der Waals surface area contributed by atoms with Gasteiger partial charge in [0.2, 0.25) is 0 Å². The number of esters is 1. The second-order valence-corrected chi connectivity index (χ2v) is 6.97. The number of carbonyl (C=O) groups is 2. The summed E-state index contributed by atoms with van der Waals surface area (Å²) >= 11 is 0. The number of aromatic nitrogens is 1. The molecule has 2 aromatic rings. The zero-order chi connectivity index (χ0) is 18.8. The third-order valence-electron chi connectivity index (χ3n) is 4.99. The number of hydrogen-bond donors (Lipinski definition) is 1. The van der Waals surface area contributed by atoms with Crippen LogP contribution in [0.4, 0.5) is 0 Å². The lowest BCUT2D eigenvalue weighted by atomic mass is 10.0. The molecular weight excluding hydrogens is 326 g/mol. The summed E-state index contributed by atoms with van der Waals surface area (Å²) in [5, 5.41) is 0.800. The van der Waals surface area contributed by atoms with E-state index in [0.717, 1.165) is 35.7 Å². The predicted octanol–water partition coefficient (Wildman–Crippen LogP) is 5.84. The summed E-state index contributed by atoms with van der Waals surface area (Å²) in [6.07, 6.45) is 13.3. The fourth-order valence-electron chi connectivity index (χ4n) is 3.46. The van der Waals surface area contributed by atoms with Crippen molar-refractivity contribution < 1.29 is 14.3 Å². The maximum Gasteiger partial charge on any atom is 0.337 e. The van der Waals surface area contributed by atoms with E-state index in [9.17, 15) is 9.59 Å². The first-order chi connectivity index (χ1) is 12.7. The Labute approximate surface area is 156 Å². The number of methoxy groups -OCH3 is 1. The Morgan fingerprint density at radius 3 is 2.31 bits per heavy atom. The minimum Gasteiger partial charge on any atom is -0.465 e. The lowest BCUT2D eigenvalue weighted by molar-refractivity contribution is 0.0600. The van der Waals surface area contributed by atoms with Crippen molar-refractivity contribution in [2.45, 2.75) is 71.1 Å². The van der Waals surface area contributed by atoms with Crippen molar-refractivity contribution in [3.63, 3.8) is 0 Å². The molecule has 142 valence electrons. The lowest BCUT2D eigenvalue weighted by Crippen LogP contribution is -2.00. The van der Waals surface area contributed by atoms with Gasteiger partial charge < -0.3 is 9.72 Å². The van der Waals surface area contributed by atoms with Crippen LogP contribution < -0.4 is 0 Å². The van der Waals surface area contributed by atoms with Crippen molar-refractivity contribution in [1.29, 1.82) is 0 Å². The van der Waals surface area contributed by atoms with E-state index in [0.29, 0.717) is 11.1 Å². The molecule has 1 N–H and O–H groups in total. The molecule has 4 nitrogen and oxygen atoms in total. The molecule has 0 aliphatic rings. The van der Waals surface area contributed by atoms with Crippen LogP contribution in [-0.4, -0.2) is 24.3 Å². The highest BCUT2D eigenvalue weighted by molar-refractivity contribution is 6.02. The third kappa shape index (κ3) is 5.45. The van der Waals surface area contributed by atoms with E-state index in [4.69, 9.17) is 4.74 Å². The maximum atomic E-state index is 11.7. The predicted molar refractivity (Wildman–Crippen MR) is 106 cm³/mol. The Morgan fingerprint density at radius 2 is 1.69 bits per heavy atom. The van der Waals surface area contributed by atoms with Crippen molar-refractivity contribution in [3.8, 4) is 0 Å². The fourth-order valence-corrected chi connectivity index (χ4v) is 3.46. The van der Waals surface area contributed by atoms with E-state index in [1.165, 1.54) is 58.5 Å². The molecule has 0 unspecified atom stereocenters. The monoisotopic (exact) mass is 357 g/mol. The first-order valence-corrected chi connectivity index (χ1v) is 9.89. The number of hydrogen-bond acceptors (Lipinski definition) is 3. The number of carbonyl (C=O) groups excluding carboxylic acids is 2. The second kappa shape index (κ2) is 10.8. The van der Waals surface area contributed by atoms with E-state index in [1.54, 1.807) is 12.1 Å². The highest BCUT2D eigenvalue weighted by Gasteiger charge is 2.13. The summed E-state index contributed by atoms with van der Waals surface area (Å²) in [6.45, 7) is 2.24. The lowest BCUT2D eigenvalue weighted by Gasteiger charge is -2.02. The molecule has 2 rings (SSSR count). The van der Waals surface area contributed by atoms with Gasteiger partial charge in [0.05, 0.1) is 12.7 Å². The van der Waals surface area contributed by atoms with Gasteiger partial charge in [-0.15, -0.1) is 0 Å². The molecule has 1 aromatic heterocycles. The number of rotatable bonds is 12. The van der Waals surface area contributed by atoms with Crippen LogP contribution in [0.25, 0.3) is 10.9 Å². The summed E-state index contributed by atoms with van der Waals surface area (Å²) in [5.41, 5.74) is 3.01. The van der Waals surface area contributed by atoms with E-state index in [-0.39, 0.29) is 5.97 Å². The SMILES string of the molecule is CCCCCCCCCCCc1[nH]c2ccc(C(=O)OC)cc2c1C=O. The van der Waals surface area contributed by atoms with Gasteiger partial charge >= 0.3 is 5.97 Å². The van der Waals surface area contributed by atoms with Crippen LogP contribution in [0, 0.1) is 0 Å². The van der Waals surface area contributed by atoms with Crippen LogP contribution >= 0.6 is 0 Å². The first-order valence-electron chi connectivity index (χ1n) is 9.89. The molecule has 0 saturated carbocycles. The van der Waals surface area contributed by atoms with Gasteiger partial charge in [0.1, 0.15) is 0 Å². The number of H-pyrrole nitrogens is 1. The van der Waals surface area contributed by atoms with Crippen LogP contribution in [0.2, 0.25) is 0 Å². The van der Waals surface area contributed by atoms with Gasteiger partial charge in [-0.05, 0) is 31.0 Å². The van der Waals surface area contributed by atoms with Gasteiger partial charge in [0.25, 0.3) is 0 Å².